The van der Waals surface area contributed by atoms with Crippen molar-refractivity contribution < 1.29 is 4.79 Å². The molecule has 0 unspecified atom stereocenters. The summed E-state index contributed by atoms with van der Waals surface area (Å²) in [5, 5.41) is 14.7. The van der Waals surface area contributed by atoms with Crippen LogP contribution in [-0.4, -0.2) is 5.91 Å². The minimum atomic E-state index is -0.455. The van der Waals surface area contributed by atoms with Gasteiger partial charge in [0, 0.05) is 22.0 Å². The number of amides is 1. The topological polar surface area (TPSA) is 64.9 Å². The van der Waals surface area contributed by atoms with E-state index in [0.29, 0.717) is 5.69 Å². The van der Waals surface area contributed by atoms with Crippen LogP contribution in [0.1, 0.15) is 0 Å². The predicted octanol–water partition coefficient (Wildman–Crippen LogP) is 3.91. The van der Waals surface area contributed by atoms with E-state index >= 15 is 0 Å². The number of nitriles is 1. The summed E-state index contributed by atoms with van der Waals surface area (Å²) < 4.78 is 0.919. The Kier molecular flexibility index (Phi) is 5.13. The zero-order valence-corrected chi connectivity index (χ0v) is 12.6. The van der Waals surface area contributed by atoms with Crippen molar-refractivity contribution in [1.82, 2.24) is 0 Å². The van der Waals surface area contributed by atoms with E-state index in [9.17, 15) is 4.79 Å². The first-order chi connectivity index (χ1) is 10.2. The fraction of sp³-hybridized carbons (Fsp3) is 0. The van der Waals surface area contributed by atoms with Gasteiger partial charge in [0.15, 0.2) is 0 Å². The van der Waals surface area contributed by atoms with E-state index in [1.807, 2.05) is 48.5 Å². The average Bonchev–Trinajstić information content (AvgIpc) is 2.51. The molecule has 0 aliphatic carbocycles. The molecule has 0 aliphatic heterocycles. The second kappa shape index (κ2) is 7.27. The number of carbonyl (C=O) groups is 1. The molecule has 4 nitrogen and oxygen atoms in total. The lowest BCUT2D eigenvalue weighted by Crippen LogP contribution is -2.14. The molecule has 1 amide bonds. The molecule has 0 fully saturated rings. The highest BCUT2D eigenvalue weighted by molar-refractivity contribution is 9.10. The Morgan fingerprint density at radius 1 is 1.05 bits per heavy atom. The Morgan fingerprint density at radius 2 is 1.71 bits per heavy atom. The summed E-state index contributed by atoms with van der Waals surface area (Å²) in [6.07, 6.45) is 1.39. The van der Waals surface area contributed by atoms with Gasteiger partial charge in [0.1, 0.15) is 11.6 Å². The van der Waals surface area contributed by atoms with Crippen LogP contribution in [0.2, 0.25) is 0 Å². The zero-order valence-electron chi connectivity index (χ0n) is 11.0. The number of hydrogen-bond acceptors (Lipinski definition) is 3. The van der Waals surface area contributed by atoms with E-state index in [1.165, 1.54) is 6.20 Å². The number of hydrogen-bond donors (Lipinski definition) is 2. The number of anilines is 2. The van der Waals surface area contributed by atoms with Gasteiger partial charge in [-0.15, -0.1) is 0 Å². The number of benzene rings is 2. The number of halogens is 1. The lowest BCUT2D eigenvalue weighted by atomic mass is 10.2. The SMILES string of the molecule is N#C/C(=C/Nc1ccccc1)C(=O)Nc1ccc(Br)cc1. The molecule has 0 spiro atoms. The Morgan fingerprint density at radius 3 is 2.33 bits per heavy atom. The van der Waals surface area contributed by atoms with Crippen LogP contribution in [0.25, 0.3) is 0 Å². The van der Waals surface area contributed by atoms with E-state index in [1.54, 1.807) is 12.1 Å². The Bertz CT molecular complexity index is 688. The standard InChI is InChI=1S/C16H12BrN3O/c17-13-6-8-15(9-7-13)20-16(21)12(10-18)11-19-14-4-2-1-3-5-14/h1-9,11,19H,(H,20,21)/b12-11-. The summed E-state index contributed by atoms with van der Waals surface area (Å²) in [5.74, 6) is -0.455. The summed E-state index contributed by atoms with van der Waals surface area (Å²) in [6, 6.07) is 18.3. The van der Waals surface area contributed by atoms with E-state index in [-0.39, 0.29) is 5.57 Å². The van der Waals surface area contributed by atoms with Crippen LogP contribution < -0.4 is 10.6 Å². The molecule has 0 heterocycles. The van der Waals surface area contributed by atoms with Gasteiger partial charge in [-0.05, 0) is 36.4 Å². The third-order valence-electron chi connectivity index (χ3n) is 2.62. The highest BCUT2D eigenvalue weighted by Gasteiger charge is 2.09. The van der Waals surface area contributed by atoms with Crippen LogP contribution in [0.15, 0.2) is 70.8 Å². The molecule has 2 aromatic rings. The smallest absolute Gasteiger partial charge is 0.267 e. The molecule has 5 heteroatoms. The monoisotopic (exact) mass is 341 g/mol. The van der Waals surface area contributed by atoms with Crippen molar-refractivity contribution >= 4 is 33.2 Å². The van der Waals surface area contributed by atoms with Gasteiger partial charge >= 0.3 is 0 Å². The van der Waals surface area contributed by atoms with Crippen molar-refractivity contribution in [1.29, 1.82) is 5.26 Å². The van der Waals surface area contributed by atoms with E-state index < -0.39 is 5.91 Å². The lowest BCUT2D eigenvalue weighted by Gasteiger charge is -2.05. The molecule has 0 aliphatic rings. The first kappa shape index (κ1) is 14.8. The quantitative estimate of drug-likeness (QED) is 0.654. The van der Waals surface area contributed by atoms with E-state index in [2.05, 4.69) is 26.6 Å². The van der Waals surface area contributed by atoms with E-state index in [4.69, 9.17) is 5.26 Å². The molecule has 104 valence electrons. The van der Waals surface area contributed by atoms with Gasteiger partial charge in [-0.25, -0.2) is 0 Å². The fourth-order valence-corrected chi connectivity index (χ4v) is 1.83. The molecule has 0 atom stereocenters. The average molecular weight is 342 g/mol. The number of para-hydroxylation sites is 1. The van der Waals surface area contributed by atoms with Crippen molar-refractivity contribution in [2.24, 2.45) is 0 Å². The highest BCUT2D eigenvalue weighted by Crippen LogP contribution is 2.15. The number of nitrogens with zero attached hydrogens (tertiary/aromatic N) is 1. The Labute approximate surface area is 131 Å². The van der Waals surface area contributed by atoms with Gasteiger partial charge in [0.05, 0.1) is 0 Å². The van der Waals surface area contributed by atoms with Crippen LogP contribution in [0, 0.1) is 11.3 Å². The molecule has 2 aromatic carbocycles. The van der Waals surface area contributed by atoms with Crippen molar-refractivity contribution in [2.75, 3.05) is 10.6 Å². The van der Waals surface area contributed by atoms with Gasteiger partial charge in [0.25, 0.3) is 5.91 Å². The van der Waals surface area contributed by atoms with Crippen LogP contribution in [-0.2, 0) is 4.79 Å². The van der Waals surface area contributed by atoms with Gasteiger partial charge in [-0.1, -0.05) is 34.1 Å². The van der Waals surface area contributed by atoms with Crippen LogP contribution in [0.5, 0.6) is 0 Å². The molecular weight excluding hydrogens is 330 g/mol. The molecule has 0 saturated carbocycles. The summed E-state index contributed by atoms with van der Waals surface area (Å²) in [6.45, 7) is 0. The molecule has 2 N–H and O–H groups in total. The number of nitrogens with one attached hydrogen (secondary N) is 2. The molecule has 21 heavy (non-hydrogen) atoms. The maximum atomic E-state index is 12.0. The molecule has 2 rings (SSSR count). The Hall–Kier alpha value is -2.58. The largest absolute Gasteiger partial charge is 0.360 e. The molecule has 0 aromatic heterocycles. The maximum absolute atomic E-state index is 12.0. The first-order valence-corrected chi connectivity index (χ1v) is 6.97. The number of carbonyl (C=O) groups excluding carboxylic acids is 1. The van der Waals surface area contributed by atoms with Gasteiger partial charge in [0.2, 0.25) is 0 Å². The predicted molar refractivity (Wildman–Crippen MR) is 86.5 cm³/mol. The minimum Gasteiger partial charge on any atom is -0.360 e. The zero-order chi connectivity index (χ0) is 15.1. The van der Waals surface area contributed by atoms with Gasteiger partial charge in [-0.2, -0.15) is 5.26 Å². The fourth-order valence-electron chi connectivity index (χ4n) is 1.57. The van der Waals surface area contributed by atoms with Gasteiger partial charge < -0.3 is 10.6 Å². The van der Waals surface area contributed by atoms with Crippen LogP contribution in [0.3, 0.4) is 0 Å². The third-order valence-corrected chi connectivity index (χ3v) is 3.15. The highest BCUT2D eigenvalue weighted by atomic mass is 79.9. The lowest BCUT2D eigenvalue weighted by molar-refractivity contribution is -0.112. The normalized spacial score (nSPS) is 10.6. The molecule has 0 saturated heterocycles. The van der Waals surface area contributed by atoms with Crippen molar-refractivity contribution in [3.63, 3.8) is 0 Å². The third kappa shape index (κ3) is 4.48. The summed E-state index contributed by atoms with van der Waals surface area (Å²) in [5.41, 5.74) is 1.44. The molecular formula is C16H12BrN3O. The van der Waals surface area contributed by atoms with Gasteiger partial charge in [-0.3, -0.25) is 4.79 Å². The van der Waals surface area contributed by atoms with Crippen molar-refractivity contribution in [2.45, 2.75) is 0 Å². The summed E-state index contributed by atoms with van der Waals surface area (Å²) in [4.78, 5) is 12.0. The second-order valence-corrected chi connectivity index (χ2v) is 5.06. The minimum absolute atomic E-state index is 0.00164. The van der Waals surface area contributed by atoms with Crippen LogP contribution >= 0.6 is 15.9 Å². The van der Waals surface area contributed by atoms with Crippen molar-refractivity contribution in [3.05, 3.63) is 70.8 Å². The van der Waals surface area contributed by atoms with Crippen LogP contribution in [0.4, 0.5) is 11.4 Å². The number of rotatable bonds is 4. The summed E-state index contributed by atoms with van der Waals surface area (Å²) >= 11 is 3.32. The molecule has 0 bridgehead atoms. The molecule has 0 radical (unpaired) electrons. The first-order valence-electron chi connectivity index (χ1n) is 6.18. The Balaban J connectivity index is 2.05. The second-order valence-electron chi connectivity index (χ2n) is 4.14. The maximum Gasteiger partial charge on any atom is 0.267 e. The van der Waals surface area contributed by atoms with Crippen molar-refractivity contribution in [3.8, 4) is 6.07 Å². The van der Waals surface area contributed by atoms with E-state index in [0.717, 1.165) is 10.2 Å². The summed E-state index contributed by atoms with van der Waals surface area (Å²) in [7, 11) is 0.